The number of benzene rings is 1. The fourth-order valence-electron chi connectivity index (χ4n) is 5.74. The zero-order chi connectivity index (χ0) is 40.4. The maximum atomic E-state index is 12.5. The molecule has 0 spiro atoms. The second-order valence-corrected chi connectivity index (χ2v) is 13.6. The Balaban J connectivity index is 1.94. The Morgan fingerprint density at radius 3 is 2.35 bits per heavy atom. The molecule has 2 aromatic rings. The smallest absolute Gasteiger partial charge is 0.158 e. The summed E-state index contributed by atoms with van der Waals surface area (Å²) in [6.45, 7) is 24.7. The molecule has 0 saturated carbocycles. The van der Waals surface area contributed by atoms with E-state index in [-0.39, 0.29) is 11.7 Å². The molecule has 0 radical (unpaired) electrons. The molecule has 0 amide bonds. The molecule has 1 heterocycles. The summed E-state index contributed by atoms with van der Waals surface area (Å²) in [5, 5.41) is 8.76. The molecule has 1 atom stereocenters. The number of rotatable bonds is 24. The molecule has 0 bridgehead atoms. The van der Waals surface area contributed by atoms with Gasteiger partial charge in [0, 0.05) is 23.7 Å². The number of aromatic nitrogens is 1. The molecule has 0 fully saturated rings. The van der Waals surface area contributed by atoms with Crippen LogP contribution in [0.5, 0.6) is 0 Å². The van der Waals surface area contributed by atoms with Crippen molar-refractivity contribution in [1.29, 1.82) is 5.41 Å². The Kier molecular flexibility index (Phi) is 21.9. The monoisotopic (exact) mass is 733 g/mol. The Hall–Kier alpha value is -5.48. The minimum absolute atomic E-state index is 0.0638. The maximum Gasteiger partial charge on any atom is 0.158 e. The number of aryl methyl sites for hydroxylation is 1. The molecule has 1 unspecified atom stereocenters. The van der Waals surface area contributed by atoms with E-state index in [1.165, 1.54) is 5.57 Å². The third-order valence-electron chi connectivity index (χ3n) is 9.26. The minimum Gasteiger partial charge on any atom is -0.304 e. The Morgan fingerprint density at radius 2 is 1.69 bits per heavy atom. The predicted octanol–water partition coefficient (Wildman–Crippen LogP) is 13.3. The van der Waals surface area contributed by atoms with E-state index < -0.39 is 0 Å². The van der Waals surface area contributed by atoms with E-state index >= 15 is 0 Å². The molecule has 0 saturated heterocycles. The molecule has 1 aromatic carbocycles. The highest BCUT2D eigenvalue weighted by Crippen LogP contribution is 2.18. The van der Waals surface area contributed by atoms with Crippen LogP contribution in [-0.4, -0.2) is 28.7 Å². The van der Waals surface area contributed by atoms with Crippen LogP contribution in [0.3, 0.4) is 0 Å². The molecule has 0 aliphatic heterocycles. The van der Waals surface area contributed by atoms with E-state index in [1.807, 2.05) is 80.6 Å². The normalized spacial score (nSPS) is 14.0. The van der Waals surface area contributed by atoms with Crippen molar-refractivity contribution >= 4 is 17.2 Å². The fourth-order valence-corrected chi connectivity index (χ4v) is 5.74. The quantitative estimate of drug-likeness (QED) is 0.0505. The SMILES string of the molecule is C=C\C=C(/C=C/C=C(/CC)CC(=N)c1ccc(C/C=C/C(=O)C(CC)CCC=C)cc1)C/C=C/C(=C/C)C(/C)=C/C=C\C(=C)CN=C(C)c1cccc(C)n1. The van der Waals surface area contributed by atoms with Crippen LogP contribution in [0.4, 0.5) is 0 Å². The highest BCUT2D eigenvalue weighted by molar-refractivity contribution is 5.99. The van der Waals surface area contributed by atoms with Gasteiger partial charge in [0.25, 0.3) is 0 Å². The van der Waals surface area contributed by atoms with E-state index in [0.29, 0.717) is 25.1 Å². The van der Waals surface area contributed by atoms with Crippen molar-refractivity contribution in [3.8, 4) is 0 Å². The number of nitrogens with one attached hydrogen (secondary N) is 1. The number of pyridine rings is 1. The van der Waals surface area contributed by atoms with E-state index in [0.717, 1.165) is 82.6 Å². The van der Waals surface area contributed by atoms with Gasteiger partial charge < -0.3 is 5.41 Å². The number of carbonyl (C=O) groups is 1. The fraction of sp³-hybridized carbons (Fsp3) is 0.294. The van der Waals surface area contributed by atoms with Gasteiger partial charge in [-0.2, -0.15) is 0 Å². The summed E-state index contributed by atoms with van der Waals surface area (Å²) in [6.07, 6.45) is 33.8. The number of allylic oxidation sites excluding steroid dienone is 17. The summed E-state index contributed by atoms with van der Waals surface area (Å²) >= 11 is 0. The second kappa shape index (κ2) is 26.3. The lowest BCUT2D eigenvalue weighted by molar-refractivity contribution is -0.118. The van der Waals surface area contributed by atoms with Gasteiger partial charge in [0.05, 0.1) is 18.0 Å². The second-order valence-electron chi connectivity index (χ2n) is 13.6. The van der Waals surface area contributed by atoms with Crippen LogP contribution < -0.4 is 0 Å². The van der Waals surface area contributed by atoms with Crippen molar-refractivity contribution in [2.45, 2.75) is 86.5 Å². The topological polar surface area (TPSA) is 66.2 Å². The van der Waals surface area contributed by atoms with Crippen LogP contribution in [0.15, 0.2) is 180 Å². The highest BCUT2D eigenvalue weighted by Gasteiger charge is 2.12. The van der Waals surface area contributed by atoms with E-state index in [2.05, 4.69) is 112 Å². The molecular weight excluding hydrogens is 671 g/mol. The molecule has 0 aliphatic carbocycles. The standard InChI is InChI=1S/C51H63N3O/c1-10-15-29-47(14-5)51(55)32-20-28-45-33-35-48(36-34-45)49(52)37-43(12-3)25-18-26-44(21-11-2)27-19-30-46(13-4)40(7)23-16-22-39(6)38-53-42(9)50-31-17-24-41(8)54-50/h10-11,13,16-26,30-36,47,52H,1-2,6,12,14-15,27-29,37-38H2,3-5,7-9H3/b22-16-,26-18+,30-19+,32-20+,40-23+,43-25-,44-21+,46-13-,52-49?,53-42?. The van der Waals surface area contributed by atoms with E-state index in [9.17, 15) is 4.79 Å². The summed E-state index contributed by atoms with van der Waals surface area (Å²) in [5.74, 6) is 0.256. The van der Waals surface area contributed by atoms with Crippen molar-refractivity contribution in [2.24, 2.45) is 10.9 Å². The van der Waals surface area contributed by atoms with Gasteiger partial charge in [-0.3, -0.25) is 14.8 Å². The van der Waals surface area contributed by atoms with Crippen LogP contribution >= 0.6 is 0 Å². The van der Waals surface area contributed by atoms with Gasteiger partial charge in [0.1, 0.15) is 0 Å². The summed E-state index contributed by atoms with van der Waals surface area (Å²) in [4.78, 5) is 21.7. The summed E-state index contributed by atoms with van der Waals surface area (Å²) < 4.78 is 0. The molecule has 288 valence electrons. The first-order valence-electron chi connectivity index (χ1n) is 19.5. The van der Waals surface area contributed by atoms with Crippen molar-refractivity contribution in [2.75, 3.05) is 6.54 Å². The van der Waals surface area contributed by atoms with Crippen molar-refractivity contribution in [1.82, 2.24) is 4.98 Å². The number of ketones is 1. The third kappa shape index (κ3) is 17.9. The first-order chi connectivity index (χ1) is 26.5. The number of nitrogens with zero attached hydrogens (tertiary/aromatic N) is 2. The molecule has 4 heteroatoms. The maximum absolute atomic E-state index is 12.5. The highest BCUT2D eigenvalue weighted by atomic mass is 16.1. The summed E-state index contributed by atoms with van der Waals surface area (Å²) in [6, 6.07) is 14.1. The number of hydrogen-bond donors (Lipinski definition) is 1. The van der Waals surface area contributed by atoms with Gasteiger partial charge in [0.15, 0.2) is 5.78 Å². The first-order valence-corrected chi connectivity index (χ1v) is 19.5. The van der Waals surface area contributed by atoms with Crippen LogP contribution in [-0.2, 0) is 11.2 Å². The lowest BCUT2D eigenvalue weighted by Gasteiger charge is -2.09. The summed E-state index contributed by atoms with van der Waals surface area (Å²) in [7, 11) is 0. The minimum atomic E-state index is 0.0638. The summed E-state index contributed by atoms with van der Waals surface area (Å²) in [5.41, 5.74) is 11.0. The lowest BCUT2D eigenvalue weighted by Crippen LogP contribution is -2.10. The first kappa shape index (κ1) is 45.7. The van der Waals surface area contributed by atoms with Crippen LogP contribution in [0.25, 0.3) is 0 Å². The van der Waals surface area contributed by atoms with Crippen LogP contribution in [0.1, 0.15) is 95.7 Å². The Bertz CT molecular complexity index is 1880. The van der Waals surface area contributed by atoms with Crippen LogP contribution in [0.2, 0.25) is 0 Å². The van der Waals surface area contributed by atoms with Gasteiger partial charge in [0.2, 0.25) is 0 Å². The number of carbonyl (C=O) groups excluding carboxylic acids is 1. The van der Waals surface area contributed by atoms with Gasteiger partial charge in [-0.05, 0) is 118 Å². The lowest BCUT2D eigenvalue weighted by atomic mass is 9.94. The molecule has 4 nitrogen and oxygen atoms in total. The van der Waals surface area contributed by atoms with Crippen LogP contribution in [0, 0.1) is 18.3 Å². The molecule has 2 rings (SSSR count). The average Bonchev–Trinajstić information content (AvgIpc) is 3.18. The van der Waals surface area contributed by atoms with E-state index in [4.69, 9.17) is 5.41 Å². The van der Waals surface area contributed by atoms with Crippen molar-refractivity contribution in [3.05, 3.63) is 198 Å². The number of aliphatic imine (C=N–C) groups is 1. The zero-order valence-electron chi connectivity index (χ0n) is 34.3. The van der Waals surface area contributed by atoms with Crippen molar-refractivity contribution < 1.29 is 4.79 Å². The molecule has 1 aromatic heterocycles. The number of hydrogen-bond acceptors (Lipinski definition) is 4. The average molecular weight is 734 g/mol. The molecule has 1 N–H and O–H groups in total. The molecule has 55 heavy (non-hydrogen) atoms. The zero-order valence-corrected chi connectivity index (χ0v) is 34.3. The predicted molar refractivity (Wildman–Crippen MR) is 240 cm³/mol. The molecule has 0 aliphatic rings. The van der Waals surface area contributed by atoms with Gasteiger partial charge in [-0.1, -0.05) is 142 Å². The third-order valence-corrected chi connectivity index (χ3v) is 9.26. The van der Waals surface area contributed by atoms with Gasteiger partial charge in [-0.25, -0.2) is 0 Å². The Labute approximate surface area is 332 Å². The van der Waals surface area contributed by atoms with Gasteiger partial charge >= 0.3 is 0 Å². The largest absolute Gasteiger partial charge is 0.304 e. The Morgan fingerprint density at radius 1 is 0.945 bits per heavy atom. The molecular formula is C51H63N3O. The van der Waals surface area contributed by atoms with Gasteiger partial charge in [-0.15, -0.1) is 6.58 Å². The van der Waals surface area contributed by atoms with E-state index in [1.54, 1.807) is 6.08 Å². The van der Waals surface area contributed by atoms with Crippen molar-refractivity contribution in [3.63, 3.8) is 0 Å².